The third-order valence-corrected chi connectivity index (χ3v) is 4.92. The van der Waals surface area contributed by atoms with Crippen molar-refractivity contribution in [2.24, 2.45) is 11.7 Å². The van der Waals surface area contributed by atoms with Crippen molar-refractivity contribution >= 4 is 11.8 Å². The van der Waals surface area contributed by atoms with Crippen LogP contribution in [0.5, 0.6) is 11.5 Å². The third kappa shape index (κ3) is 4.42. The van der Waals surface area contributed by atoms with Gasteiger partial charge in [-0.25, -0.2) is 0 Å². The van der Waals surface area contributed by atoms with Crippen molar-refractivity contribution in [2.75, 3.05) is 0 Å². The van der Waals surface area contributed by atoms with Crippen LogP contribution in [0.2, 0.25) is 0 Å². The third-order valence-electron chi connectivity index (χ3n) is 4.92. The van der Waals surface area contributed by atoms with Crippen LogP contribution in [-0.2, 0) is 0 Å². The highest BCUT2D eigenvalue weighted by Gasteiger charge is 2.23. The number of nitrogens with one attached hydrogen (secondary N) is 1. The molecule has 1 fully saturated rings. The van der Waals surface area contributed by atoms with Gasteiger partial charge in [0.15, 0.2) is 0 Å². The predicted octanol–water partition coefficient (Wildman–Crippen LogP) is 3.89. The Labute approximate surface area is 153 Å². The minimum Gasteiger partial charge on any atom is -0.457 e. The molecule has 2 atom stereocenters. The molecule has 2 aromatic carbocycles. The van der Waals surface area contributed by atoms with Gasteiger partial charge >= 0.3 is 0 Å². The van der Waals surface area contributed by atoms with Crippen LogP contribution < -0.4 is 15.8 Å². The Morgan fingerprint density at radius 3 is 2.00 bits per heavy atom. The molecule has 2 aromatic rings. The Bertz CT molecular complexity index is 769. The molecule has 0 aliphatic heterocycles. The van der Waals surface area contributed by atoms with E-state index in [2.05, 4.69) is 12.2 Å². The lowest BCUT2D eigenvalue weighted by molar-refractivity contribution is 0.0909. The summed E-state index contributed by atoms with van der Waals surface area (Å²) in [5, 5.41) is 3.15. The molecule has 2 amide bonds. The average Bonchev–Trinajstić information content (AvgIpc) is 2.64. The molecule has 0 saturated heterocycles. The summed E-state index contributed by atoms with van der Waals surface area (Å²) in [7, 11) is 0. The minimum atomic E-state index is -0.473. The molecule has 2 unspecified atom stereocenters. The number of benzene rings is 2. The van der Waals surface area contributed by atoms with Gasteiger partial charge < -0.3 is 15.8 Å². The Morgan fingerprint density at radius 2 is 1.46 bits per heavy atom. The van der Waals surface area contributed by atoms with Crippen molar-refractivity contribution in [3.63, 3.8) is 0 Å². The van der Waals surface area contributed by atoms with E-state index in [-0.39, 0.29) is 11.9 Å². The van der Waals surface area contributed by atoms with Crippen molar-refractivity contribution in [2.45, 2.75) is 38.6 Å². The molecule has 1 aliphatic carbocycles. The van der Waals surface area contributed by atoms with Crippen molar-refractivity contribution in [3.8, 4) is 11.5 Å². The van der Waals surface area contributed by atoms with Gasteiger partial charge in [-0.15, -0.1) is 0 Å². The van der Waals surface area contributed by atoms with Crippen molar-refractivity contribution < 1.29 is 14.3 Å². The molecule has 136 valence electrons. The van der Waals surface area contributed by atoms with Crippen LogP contribution in [0.1, 0.15) is 53.3 Å². The van der Waals surface area contributed by atoms with Crippen molar-refractivity contribution in [1.29, 1.82) is 0 Å². The molecule has 1 aliphatic rings. The van der Waals surface area contributed by atoms with Crippen LogP contribution in [0.25, 0.3) is 0 Å². The summed E-state index contributed by atoms with van der Waals surface area (Å²) >= 11 is 0. The summed E-state index contributed by atoms with van der Waals surface area (Å²) in [6.45, 7) is 2.20. The fraction of sp³-hybridized carbons (Fsp3) is 0.333. The van der Waals surface area contributed by atoms with E-state index in [9.17, 15) is 9.59 Å². The zero-order valence-electron chi connectivity index (χ0n) is 14.9. The van der Waals surface area contributed by atoms with Crippen molar-refractivity contribution in [1.82, 2.24) is 5.32 Å². The summed E-state index contributed by atoms with van der Waals surface area (Å²) in [4.78, 5) is 23.5. The highest BCUT2D eigenvalue weighted by Crippen LogP contribution is 2.25. The second-order valence-electron chi connectivity index (χ2n) is 6.86. The highest BCUT2D eigenvalue weighted by molar-refractivity contribution is 5.94. The number of primary amides is 1. The van der Waals surface area contributed by atoms with Gasteiger partial charge in [-0.3, -0.25) is 9.59 Å². The maximum absolute atomic E-state index is 12.4. The van der Waals surface area contributed by atoms with E-state index >= 15 is 0 Å². The molecule has 0 spiro atoms. The topological polar surface area (TPSA) is 81.4 Å². The number of rotatable bonds is 5. The lowest BCUT2D eigenvalue weighted by atomic mass is 9.86. The van der Waals surface area contributed by atoms with E-state index in [1.54, 1.807) is 48.5 Å². The van der Waals surface area contributed by atoms with E-state index in [1.165, 1.54) is 19.3 Å². The number of ether oxygens (including phenoxy) is 1. The number of amides is 2. The molecule has 5 nitrogen and oxygen atoms in total. The smallest absolute Gasteiger partial charge is 0.251 e. The number of hydrogen-bond donors (Lipinski definition) is 2. The first-order chi connectivity index (χ1) is 12.5. The molecule has 26 heavy (non-hydrogen) atoms. The molecule has 0 radical (unpaired) electrons. The molecule has 3 N–H and O–H groups in total. The lowest BCUT2D eigenvalue weighted by Crippen LogP contribution is -2.41. The minimum absolute atomic E-state index is 0.0406. The Balaban J connectivity index is 1.60. The molecule has 1 saturated carbocycles. The van der Waals surface area contributed by atoms with Gasteiger partial charge in [0.2, 0.25) is 5.91 Å². The molecule has 0 bridgehead atoms. The molecular formula is C21H24N2O3. The number of hydrogen-bond acceptors (Lipinski definition) is 3. The lowest BCUT2D eigenvalue weighted by Gasteiger charge is -2.29. The molecule has 0 aromatic heterocycles. The number of carbonyl (C=O) groups excluding carboxylic acids is 2. The summed E-state index contributed by atoms with van der Waals surface area (Å²) in [5.74, 6) is 1.24. The highest BCUT2D eigenvalue weighted by atomic mass is 16.5. The monoisotopic (exact) mass is 352 g/mol. The van der Waals surface area contributed by atoms with Crippen LogP contribution >= 0.6 is 0 Å². The van der Waals surface area contributed by atoms with Gasteiger partial charge in [-0.2, -0.15) is 0 Å². The standard InChI is InChI=1S/C21H24N2O3/c1-14-4-2-3-5-19(14)23-21(25)16-8-12-18(13-9-16)26-17-10-6-15(7-11-17)20(22)24/h6-14,19H,2-5H2,1H3,(H2,22,24)(H,23,25). The van der Waals surface area contributed by atoms with Crippen molar-refractivity contribution in [3.05, 3.63) is 59.7 Å². The summed E-state index contributed by atoms with van der Waals surface area (Å²) in [6, 6.07) is 13.9. The largest absolute Gasteiger partial charge is 0.457 e. The van der Waals surface area contributed by atoms with E-state index in [0.29, 0.717) is 28.5 Å². The van der Waals surface area contributed by atoms with Gasteiger partial charge in [0.25, 0.3) is 5.91 Å². The first-order valence-corrected chi connectivity index (χ1v) is 9.01. The normalized spacial score (nSPS) is 19.6. The maximum atomic E-state index is 12.4. The molecule has 3 rings (SSSR count). The van der Waals surface area contributed by atoms with Crippen LogP contribution in [0.15, 0.2) is 48.5 Å². The van der Waals surface area contributed by atoms with E-state index in [4.69, 9.17) is 10.5 Å². The Kier molecular flexibility index (Phi) is 5.56. The van der Waals surface area contributed by atoms with Gasteiger partial charge in [-0.05, 0) is 67.3 Å². The van der Waals surface area contributed by atoms with E-state index in [1.807, 2.05) is 0 Å². The zero-order chi connectivity index (χ0) is 18.5. The second kappa shape index (κ2) is 8.04. The van der Waals surface area contributed by atoms with Gasteiger partial charge in [0, 0.05) is 17.2 Å². The van der Waals surface area contributed by atoms with Gasteiger partial charge in [-0.1, -0.05) is 19.8 Å². The summed E-state index contributed by atoms with van der Waals surface area (Å²) in [5.41, 5.74) is 6.28. The zero-order valence-corrected chi connectivity index (χ0v) is 14.9. The van der Waals surface area contributed by atoms with Crippen LogP contribution in [-0.4, -0.2) is 17.9 Å². The Hall–Kier alpha value is -2.82. The first kappa shape index (κ1) is 18.0. The van der Waals surface area contributed by atoms with Gasteiger partial charge in [0.1, 0.15) is 11.5 Å². The van der Waals surface area contributed by atoms with Crippen LogP contribution in [0.4, 0.5) is 0 Å². The molecular weight excluding hydrogens is 328 g/mol. The van der Waals surface area contributed by atoms with E-state index < -0.39 is 5.91 Å². The molecule has 5 heteroatoms. The fourth-order valence-electron chi connectivity index (χ4n) is 3.28. The van der Waals surface area contributed by atoms with Crippen LogP contribution in [0, 0.1) is 5.92 Å². The SMILES string of the molecule is CC1CCCCC1NC(=O)c1ccc(Oc2ccc(C(N)=O)cc2)cc1. The van der Waals surface area contributed by atoms with Gasteiger partial charge in [0.05, 0.1) is 0 Å². The van der Waals surface area contributed by atoms with E-state index in [0.717, 1.165) is 6.42 Å². The maximum Gasteiger partial charge on any atom is 0.251 e. The number of nitrogens with two attached hydrogens (primary N) is 1. The molecule has 0 heterocycles. The average molecular weight is 352 g/mol. The fourth-order valence-corrected chi connectivity index (χ4v) is 3.28. The summed E-state index contributed by atoms with van der Waals surface area (Å²) < 4.78 is 5.73. The predicted molar refractivity (Wildman–Crippen MR) is 100 cm³/mol. The second-order valence-corrected chi connectivity index (χ2v) is 6.86. The Morgan fingerprint density at radius 1 is 0.923 bits per heavy atom. The number of carbonyl (C=O) groups is 2. The summed E-state index contributed by atoms with van der Waals surface area (Å²) in [6.07, 6.45) is 4.65. The van der Waals surface area contributed by atoms with Crippen LogP contribution in [0.3, 0.4) is 0 Å². The quantitative estimate of drug-likeness (QED) is 0.856. The first-order valence-electron chi connectivity index (χ1n) is 9.01.